The van der Waals surface area contributed by atoms with Gasteiger partial charge in [-0.15, -0.1) is 0 Å². The van der Waals surface area contributed by atoms with Crippen LogP contribution in [-0.4, -0.2) is 26.7 Å². The number of pyridine rings is 1. The van der Waals surface area contributed by atoms with Gasteiger partial charge in [0, 0.05) is 43.4 Å². The third-order valence-electron chi connectivity index (χ3n) is 2.37. The molecule has 6 nitrogen and oxygen atoms in total. The van der Waals surface area contributed by atoms with Gasteiger partial charge in [-0.25, -0.2) is 4.98 Å². The number of anilines is 1. The molecular formula is C11H14N6S. The van der Waals surface area contributed by atoms with E-state index in [2.05, 4.69) is 19.2 Å². The summed E-state index contributed by atoms with van der Waals surface area (Å²) < 4.78 is 4.00. The lowest BCUT2D eigenvalue weighted by atomic mass is 10.2. The fourth-order valence-corrected chi connectivity index (χ4v) is 2.07. The average molecular weight is 262 g/mol. The first-order chi connectivity index (χ1) is 8.75. The molecule has 2 heterocycles. The maximum atomic E-state index is 7.30. The second-order valence-electron chi connectivity index (χ2n) is 3.78. The second kappa shape index (κ2) is 6.06. The predicted molar refractivity (Wildman–Crippen MR) is 71.7 cm³/mol. The molecule has 7 heteroatoms. The molecule has 0 aromatic carbocycles. The summed E-state index contributed by atoms with van der Waals surface area (Å²) >= 11 is 1.34. The summed E-state index contributed by atoms with van der Waals surface area (Å²) in [4.78, 5) is 10.3. The van der Waals surface area contributed by atoms with Crippen molar-refractivity contribution in [2.75, 3.05) is 11.4 Å². The summed E-state index contributed by atoms with van der Waals surface area (Å²) in [5.74, 6) is 0.177. The monoisotopic (exact) mass is 262 g/mol. The molecule has 0 aliphatic heterocycles. The summed E-state index contributed by atoms with van der Waals surface area (Å²) in [6, 6.07) is 3.91. The van der Waals surface area contributed by atoms with Gasteiger partial charge in [-0.1, -0.05) is 6.07 Å². The quantitative estimate of drug-likeness (QED) is 0.604. The van der Waals surface area contributed by atoms with E-state index in [1.807, 2.05) is 18.3 Å². The lowest BCUT2D eigenvalue weighted by molar-refractivity contribution is 0.794. The Balaban J connectivity index is 2.07. The Morgan fingerprint density at radius 1 is 1.50 bits per heavy atom. The van der Waals surface area contributed by atoms with Gasteiger partial charge in [0.25, 0.3) is 0 Å². The maximum Gasteiger partial charge on any atom is 0.205 e. The van der Waals surface area contributed by atoms with E-state index >= 15 is 0 Å². The van der Waals surface area contributed by atoms with Gasteiger partial charge in [0.1, 0.15) is 6.33 Å². The van der Waals surface area contributed by atoms with Crippen molar-refractivity contribution in [3.63, 3.8) is 0 Å². The van der Waals surface area contributed by atoms with E-state index < -0.39 is 0 Å². The van der Waals surface area contributed by atoms with Gasteiger partial charge in [0.15, 0.2) is 0 Å². The molecule has 0 radical (unpaired) electrons. The van der Waals surface area contributed by atoms with Crippen LogP contribution in [0, 0.1) is 5.41 Å². The highest BCUT2D eigenvalue weighted by Crippen LogP contribution is 2.17. The smallest absolute Gasteiger partial charge is 0.205 e. The van der Waals surface area contributed by atoms with E-state index in [4.69, 9.17) is 11.1 Å². The number of rotatable bonds is 6. The zero-order valence-electron chi connectivity index (χ0n) is 9.78. The summed E-state index contributed by atoms with van der Waals surface area (Å²) in [6.45, 7) is 1.34. The molecule has 0 aliphatic rings. The molecule has 0 fully saturated rings. The van der Waals surface area contributed by atoms with Gasteiger partial charge in [0.2, 0.25) is 5.13 Å². The molecule has 2 aromatic rings. The third kappa shape index (κ3) is 3.49. The first-order valence-corrected chi connectivity index (χ1v) is 6.26. The van der Waals surface area contributed by atoms with Crippen molar-refractivity contribution in [2.45, 2.75) is 13.0 Å². The highest BCUT2D eigenvalue weighted by molar-refractivity contribution is 7.09. The lowest BCUT2D eigenvalue weighted by Crippen LogP contribution is -2.27. The van der Waals surface area contributed by atoms with Crippen molar-refractivity contribution in [1.82, 2.24) is 14.3 Å². The third-order valence-corrected chi connectivity index (χ3v) is 3.09. The molecule has 0 unspecified atom stereocenters. The van der Waals surface area contributed by atoms with E-state index in [0.717, 1.165) is 10.7 Å². The molecule has 0 saturated carbocycles. The van der Waals surface area contributed by atoms with Gasteiger partial charge in [-0.05, 0) is 11.6 Å². The van der Waals surface area contributed by atoms with Crippen LogP contribution >= 0.6 is 11.5 Å². The van der Waals surface area contributed by atoms with E-state index in [0.29, 0.717) is 19.5 Å². The molecule has 18 heavy (non-hydrogen) atoms. The van der Waals surface area contributed by atoms with Gasteiger partial charge in [-0.3, -0.25) is 10.4 Å². The number of nitrogens with zero attached hydrogens (tertiary/aromatic N) is 4. The minimum absolute atomic E-state index is 0.177. The molecule has 0 spiro atoms. The molecule has 0 bridgehead atoms. The standard InChI is InChI=1S/C11H14N6S/c12-10(13)3-5-17(11-15-8-16-18-11)7-9-2-1-4-14-6-9/h1-2,4,6,8H,3,5,7H2,(H3,12,13). The number of aromatic nitrogens is 3. The molecule has 0 amide bonds. The second-order valence-corrected chi connectivity index (χ2v) is 4.54. The number of nitrogens with one attached hydrogen (secondary N) is 1. The van der Waals surface area contributed by atoms with Crippen LogP contribution in [0.1, 0.15) is 12.0 Å². The fraction of sp³-hybridized carbons (Fsp3) is 0.273. The Morgan fingerprint density at radius 3 is 3.00 bits per heavy atom. The van der Waals surface area contributed by atoms with Crippen LogP contribution in [0.2, 0.25) is 0 Å². The minimum atomic E-state index is 0.177. The Morgan fingerprint density at radius 2 is 2.39 bits per heavy atom. The van der Waals surface area contributed by atoms with Crippen molar-refractivity contribution in [3.05, 3.63) is 36.4 Å². The van der Waals surface area contributed by atoms with Crippen molar-refractivity contribution >= 4 is 22.5 Å². The molecule has 0 saturated heterocycles. The Hall–Kier alpha value is -2.02. The summed E-state index contributed by atoms with van der Waals surface area (Å²) in [7, 11) is 0. The molecule has 3 N–H and O–H groups in total. The van der Waals surface area contributed by atoms with E-state index in [1.54, 1.807) is 6.20 Å². The highest BCUT2D eigenvalue weighted by atomic mass is 32.1. The van der Waals surface area contributed by atoms with Gasteiger partial charge >= 0.3 is 0 Å². The van der Waals surface area contributed by atoms with E-state index in [-0.39, 0.29) is 5.84 Å². The Bertz CT molecular complexity index is 483. The highest BCUT2D eigenvalue weighted by Gasteiger charge is 2.11. The Labute approximate surface area is 109 Å². The molecule has 0 atom stereocenters. The minimum Gasteiger partial charge on any atom is -0.388 e. The van der Waals surface area contributed by atoms with Gasteiger partial charge in [0.05, 0.1) is 5.84 Å². The van der Waals surface area contributed by atoms with E-state index in [9.17, 15) is 0 Å². The van der Waals surface area contributed by atoms with Crippen LogP contribution in [0.15, 0.2) is 30.9 Å². The van der Waals surface area contributed by atoms with Crippen LogP contribution in [0.5, 0.6) is 0 Å². The summed E-state index contributed by atoms with van der Waals surface area (Å²) in [5.41, 5.74) is 6.49. The van der Waals surface area contributed by atoms with Crippen molar-refractivity contribution in [1.29, 1.82) is 5.41 Å². The SMILES string of the molecule is N=C(N)CCN(Cc1cccnc1)c1ncns1. The first kappa shape index (κ1) is 12.4. The molecule has 2 aromatic heterocycles. The normalized spacial score (nSPS) is 10.2. The van der Waals surface area contributed by atoms with Crippen LogP contribution in [-0.2, 0) is 6.54 Å². The number of nitrogens with two attached hydrogens (primary N) is 1. The van der Waals surface area contributed by atoms with E-state index in [1.165, 1.54) is 17.9 Å². The van der Waals surface area contributed by atoms with Gasteiger partial charge < -0.3 is 10.6 Å². The van der Waals surface area contributed by atoms with Crippen LogP contribution in [0.4, 0.5) is 5.13 Å². The first-order valence-electron chi connectivity index (χ1n) is 5.49. The van der Waals surface area contributed by atoms with Crippen LogP contribution in [0.3, 0.4) is 0 Å². The zero-order chi connectivity index (χ0) is 12.8. The number of hydrogen-bond donors (Lipinski definition) is 2. The number of amidine groups is 1. The Kier molecular flexibility index (Phi) is 4.19. The van der Waals surface area contributed by atoms with Crippen molar-refractivity contribution in [3.8, 4) is 0 Å². The van der Waals surface area contributed by atoms with Crippen molar-refractivity contribution < 1.29 is 0 Å². The fourth-order valence-electron chi connectivity index (χ4n) is 1.52. The topological polar surface area (TPSA) is 91.8 Å². The van der Waals surface area contributed by atoms with Crippen molar-refractivity contribution in [2.24, 2.45) is 5.73 Å². The summed E-state index contributed by atoms with van der Waals surface area (Å²) in [5, 5.41) is 8.13. The largest absolute Gasteiger partial charge is 0.388 e. The molecule has 94 valence electrons. The van der Waals surface area contributed by atoms with Crippen LogP contribution < -0.4 is 10.6 Å². The zero-order valence-corrected chi connectivity index (χ0v) is 10.6. The maximum absolute atomic E-state index is 7.30. The van der Waals surface area contributed by atoms with Crippen LogP contribution in [0.25, 0.3) is 0 Å². The number of hydrogen-bond acceptors (Lipinski definition) is 6. The molecular weight excluding hydrogens is 248 g/mol. The summed E-state index contributed by atoms with van der Waals surface area (Å²) in [6.07, 6.45) is 5.61. The molecule has 0 aliphatic carbocycles. The average Bonchev–Trinajstić information content (AvgIpc) is 2.89. The van der Waals surface area contributed by atoms with Gasteiger partial charge in [-0.2, -0.15) is 4.37 Å². The molecule has 2 rings (SSSR count). The predicted octanol–water partition coefficient (Wildman–Crippen LogP) is 1.27. The lowest BCUT2D eigenvalue weighted by Gasteiger charge is -2.20.